The quantitative estimate of drug-likeness (QED) is 0.417. The lowest BCUT2D eigenvalue weighted by Gasteiger charge is -2.34. The fourth-order valence-electron chi connectivity index (χ4n) is 3.49. The first-order chi connectivity index (χ1) is 15.3. The van der Waals surface area contributed by atoms with E-state index in [1.54, 1.807) is 35.2 Å². The number of fused-ring (bicyclic) bond motifs is 1. The van der Waals surface area contributed by atoms with E-state index >= 15 is 0 Å². The van der Waals surface area contributed by atoms with E-state index < -0.39 is 4.92 Å². The molecule has 166 valence electrons. The zero-order valence-electron chi connectivity index (χ0n) is 16.7. The number of nitro benzene ring substituents is 1. The predicted molar refractivity (Wildman–Crippen MR) is 126 cm³/mol. The molecule has 2 amide bonds. The molecule has 1 N–H and O–H groups in total. The van der Waals surface area contributed by atoms with Crippen LogP contribution in [0.1, 0.15) is 9.67 Å². The summed E-state index contributed by atoms with van der Waals surface area (Å²) in [6.07, 6.45) is 0. The Balaban J connectivity index is 1.36. The number of nitrogens with zero attached hydrogens (tertiary/aromatic N) is 3. The molecule has 1 aliphatic rings. The van der Waals surface area contributed by atoms with Gasteiger partial charge in [-0.2, -0.15) is 0 Å². The zero-order chi connectivity index (χ0) is 22.8. The summed E-state index contributed by atoms with van der Waals surface area (Å²) in [5.41, 5.74) is 0.632. The maximum absolute atomic E-state index is 13.0. The molecule has 0 atom stereocenters. The fourth-order valence-corrected chi connectivity index (χ4v) is 5.13. The van der Waals surface area contributed by atoms with Gasteiger partial charge in [0.1, 0.15) is 4.88 Å². The van der Waals surface area contributed by atoms with Crippen molar-refractivity contribution < 1.29 is 14.5 Å². The molecule has 1 fully saturated rings. The van der Waals surface area contributed by atoms with E-state index in [9.17, 15) is 19.7 Å². The number of non-ortho nitro benzene ring substituents is 1. The van der Waals surface area contributed by atoms with Gasteiger partial charge >= 0.3 is 0 Å². The molecule has 0 bridgehead atoms. The van der Waals surface area contributed by atoms with Crippen molar-refractivity contribution in [3.05, 3.63) is 67.5 Å². The fraction of sp³-hybridized carbons (Fsp3) is 0.238. The number of halogens is 2. The van der Waals surface area contributed by atoms with Crippen LogP contribution >= 0.6 is 34.5 Å². The number of carbonyl (C=O) groups is 2. The largest absolute Gasteiger partial charge is 0.335 e. The van der Waals surface area contributed by atoms with Crippen LogP contribution in [0.2, 0.25) is 10.0 Å². The first-order valence-corrected chi connectivity index (χ1v) is 11.3. The van der Waals surface area contributed by atoms with Gasteiger partial charge in [0.2, 0.25) is 5.91 Å². The van der Waals surface area contributed by atoms with Gasteiger partial charge < -0.3 is 10.2 Å². The number of thiophene rings is 1. The van der Waals surface area contributed by atoms with Crippen molar-refractivity contribution in [2.24, 2.45) is 0 Å². The van der Waals surface area contributed by atoms with E-state index in [0.29, 0.717) is 56.9 Å². The van der Waals surface area contributed by atoms with Crippen LogP contribution in [0.3, 0.4) is 0 Å². The van der Waals surface area contributed by atoms with Crippen molar-refractivity contribution >= 4 is 67.8 Å². The average Bonchev–Trinajstić information content (AvgIpc) is 3.11. The molecular formula is C21H18Cl2N4O4S. The van der Waals surface area contributed by atoms with Crippen LogP contribution in [0.5, 0.6) is 0 Å². The molecule has 2 heterocycles. The van der Waals surface area contributed by atoms with Gasteiger partial charge in [-0.25, -0.2) is 0 Å². The van der Waals surface area contributed by atoms with Gasteiger partial charge in [0, 0.05) is 59.1 Å². The topological polar surface area (TPSA) is 95.8 Å². The first-order valence-electron chi connectivity index (χ1n) is 9.75. The molecule has 1 aliphatic heterocycles. The second kappa shape index (κ2) is 9.41. The Morgan fingerprint density at radius 1 is 1.06 bits per heavy atom. The third kappa shape index (κ3) is 4.86. The number of carbonyl (C=O) groups excluding carboxylic acids is 2. The van der Waals surface area contributed by atoms with Crippen molar-refractivity contribution in [1.82, 2.24) is 9.80 Å². The smallest absolute Gasteiger partial charge is 0.270 e. The molecule has 32 heavy (non-hydrogen) atoms. The Hall–Kier alpha value is -2.72. The van der Waals surface area contributed by atoms with Crippen molar-refractivity contribution in [2.75, 3.05) is 38.0 Å². The van der Waals surface area contributed by atoms with Gasteiger partial charge in [-0.15, -0.1) is 11.3 Å². The summed E-state index contributed by atoms with van der Waals surface area (Å²) in [4.78, 5) is 39.9. The second-order valence-corrected chi connectivity index (χ2v) is 9.17. The second-order valence-electron chi connectivity index (χ2n) is 7.31. The highest BCUT2D eigenvalue weighted by molar-refractivity contribution is 7.21. The number of piperazine rings is 1. The lowest BCUT2D eigenvalue weighted by atomic mass is 10.2. The highest BCUT2D eigenvalue weighted by Crippen LogP contribution is 2.38. The van der Waals surface area contributed by atoms with Crippen LogP contribution in [-0.4, -0.2) is 59.3 Å². The summed E-state index contributed by atoms with van der Waals surface area (Å²) < 4.78 is 0.602. The van der Waals surface area contributed by atoms with Gasteiger partial charge in [0.25, 0.3) is 11.6 Å². The van der Waals surface area contributed by atoms with Gasteiger partial charge in [-0.1, -0.05) is 23.2 Å². The summed E-state index contributed by atoms with van der Waals surface area (Å²) in [5, 5.41) is 15.4. The van der Waals surface area contributed by atoms with Gasteiger partial charge in [-0.3, -0.25) is 24.6 Å². The van der Waals surface area contributed by atoms with E-state index in [0.717, 1.165) is 11.3 Å². The van der Waals surface area contributed by atoms with Crippen molar-refractivity contribution in [3.63, 3.8) is 0 Å². The third-order valence-electron chi connectivity index (χ3n) is 5.17. The average molecular weight is 493 g/mol. The van der Waals surface area contributed by atoms with Crippen molar-refractivity contribution in [1.29, 1.82) is 0 Å². The number of nitro groups is 1. The minimum atomic E-state index is -0.475. The van der Waals surface area contributed by atoms with Crippen LogP contribution in [-0.2, 0) is 4.79 Å². The molecule has 0 radical (unpaired) electrons. The molecule has 1 saturated heterocycles. The Bertz CT molecular complexity index is 1190. The van der Waals surface area contributed by atoms with Crippen molar-refractivity contribution in [3.8, 4) is 0 Å². The Labute approximate surface area is 197 Å². The van der Waals surface area contributed by atoms with E-state index in [-0.39, 0.29) is 24.0 Å². The van der Waals surface area contributed by atoms with Gasteiger partial charge in [0.15, 0.2) is 0 Å². The standard InChI is InChI=1S/C21H18Cl2N4O4S/c22-13-1-3-14(4-2-13)24-18(28)12-25-7-9-26(10-8-25)21(29)20-19(23)16-6-5-15(27(30)31)11-17(16)32-20/h1-6,11H,7-10,12H2,(H,24,28). The molecule has 3 aromatic rings. The summed E-state index contributed by atoms with van der Waals surface area (Å²) >= 11 is 13.4. The van der Waals surface area contributed by atoms with E-state index in [1.807, 2.05) is 4.90 Å². The van der Waals surface area contributed by atoms with Gasteiger partial charge in [-0.05, 0) is 30.3 Å². The molecule has 0 saturated carbocycles. The highest BCUT2D eigenvalue weighted by Gasteiger charge is 2.27. The van der Waals surface area contributed by atoms with Crippen LogP contribution in [0.25, 0.3) is 10.1 Å². The summed E-state index contributed by atoms with van der Waals surface area (Å²) in [6.45, 7) is 2.23. The predicted octanol–water partition coefficient (Wildman–Crippen LogP) is 4.51. The van der Waals surface area contributed by atoms with Crippen LogP contribution in [0.15, 0.2) is 42.5 Å². The number of hydrogen-bond donors (Lipinski definition) is 1. The van der Waals surface area contributed by atoms with E-state index in [2.05, 4.69) is 5.32 Å². The number of amides is 2. The minimum Gasteiger partial charge on any atom is -0.335 e. The lowest BCUT2D eigenvalue weighted by molar-refractivity contribution is -0.384. The minimum absolute atomic E-state index is 0.0418. The Morgan fingerprint density at radius 2 is 1.75 bits per heavy atom. The Morgan fingerprint density at radius 3 is 2.41 bits per heavy atom. The van der Waals surface area contributed by atoms with Crippen molar-refractivity contribution in [2.45, 2.75) is 0 Å². The van der Waals surface area contributed by atoms with E-state index in [4.69, 9.17) is 23.2 Å². The molecule has 8 nitrogen and oxygen atoms in total. The maximum Gasteiger partial charge on any atom is 0.270 e. The molecule has 0 aliphatic carbocycles. The molecule has 2 aromatic carbocycles. The number of benzene rings is 2. The zero-order valence-corrected chi connectivity index (χ0v) is 19.0. The normalized spacial score (nSPS) is 14.5. The highest BCUT2D eigenvalue weighted by atomic mass is 35.5. The molecule has 0 spiro atoms. The van der Waals surface area contributed by atoms with E-state index in [1.165, 1.54) is 12.1 Å². The molecule has 4 rings (SSSR count). The van der Waals surface area contributed by atoms with Crippen LogP contribution < -0.4 is 5.32 Å². The summed E-state index contributed by atoms with van der Waals surface area (Å²) in [5.74, 6) is -0.342. The number of hydrogen-bond acceptors (Lipinski definition) is 6. The molecule has 0 unspecified atom stereocenters. The summed E-state index contributed by atoms with van der Waals surface area (Å²) in [7, 11) is 0. The van der Waals surface area contributed by atoms with Gasteiger partial charge in [0.05, 0.1) is 16.5 Å². The van der Waals surface area contributed by atoms with Crippen LogP contribution in [0, 0.1) is 10.1 Å². The number of nitrogens with one attached hydrogen (secondary N) is 1. The number of rotatable bonds is 5. The third-order valence-corrected chi connectivity index (χ3v) is 7.07. The lowest BCUT2D eigenvalue weighted by Crippen LogP contribution is -2.50. The summed E-state index contributed by atoms with van der Waals surface area (Å²) in [6, 6.07) is 11.3. The Kier molecular flexibility index (Phi) is 6.61. The first kappa shape index (κ1) is 22.5. The monoisotopic (exact) mass is 492 g/mol. The maximum atomic E-state index is 13.0. The molecule has 11 heteroatoms. The SMILES string of the molecule is O=C(CN1CCN(C(=O)c2sc3cc([N+](=O)[O-])ccc3c2Cl)CC1)Nc1ccc(Cl)cc1. The molecular weight excluding hydrogens is 475 g/mol. The van der Waals surface area contributed by atoms with Crippen LogP contribution in [0.4, 0.5) is 11.4 Å². The molecule has 1 aromatic heterocycles. The number of anilines is 1.